The van der Waals surface area contributed by atoms with E-state index in [-0.39, 0.29) is 53.0 Å². The van der Waals surface area contributed by atoms with Crippen LogP contribution in [0.5, 0.6) is 5.75 Å². The fourth-order valence-electron chi connectivity index (χ4n) is 8.25. The highest BCUT2D eigenvalue weighted by Gasteiger charge is 2.51. The summed E-state index contributed by atoms with van der Waals surface area (Å²) < 4.78 is 6.86. The zero-order chi connectivity index (χ0) is 34.5. The standard InChI is InChI=1S/C36H46BrN5O7/c37-29-21-25(5-6-31(29)43)22-32(34(46)42(28-7-14-38-15-8-28)19-12-24(13-20-42)23-33(44)45)49-36(48)40-16-10-27(11-17-40)41-18-9-26-3-1-2-4-30(26)39-35(41)47/h1-6,21,24,27-28,32,38H,7-20,22-23H2,(H2-,39,43,44,45,47)/p+1/t24?,32-,42?/m1/s1. The number of carbonyl (C=O) groups is 4. The Hall–Kier alpha value is -3.68. The Morgan fingerprint density at radius 3 is 2.39 bits per heavy atom. The van der Waals surface area contributed by atoms with Gasteiger partial charge in [-0.05, 0) is 70.4 Å². The number of phenols is 1. The molecule has 4 amide bonds. The predicted molar refractivity (Wildman–Crippen MR) is 186 cm³/mol. The van der Waals surface area contributed by atoms with Crippen LogP contribution in [0.1, 0.15) is 56.1 Å². The maximum absolute atomic E-state index is 14.9. The summed E-state index contributed by atoms with van der Waals surface area (Å²) >= 11 is 3.38. The maximum atomic E-state index is 14.9. The molecule has 0 aliphatic carbocycles. The Balaban J connectivity index is 1.17. The third kappa shape index (κ3) is 8.05. The van der Waals surface area contributed by atoms with E-state index in [4.69, 9.17) is 4.74 Å². The van der Waals surface area contributed by atoms with Gasteiger partial charge < -0.3 is 35.4 Å². The third-order valence-electron chi connectivity index (χ3n) is 11.0. The monoisotopic (exact) mass is 740 g/mol. The molecule has 12 nitrogen and oxygen atoms in total. The molecule has 13 heteroatoms. The lowest BCUT2D eigenvalue weighted by Crippen LogP contribution is -2.67. The van der Waals surface area contributed by atoms with Gasteiger partial charge in [0.05, 0.1) is 23.6 Å². The van der Waals surface area contributed by atoms with Gasteiger partial charge in [-0.15, -0.1) is 0 Å². The number of para-hydroxylation sites is 1. The third-order valence-corrected chi connectivity index (χ3v) is 11.7. The van der Waals surface area contributed by atoms with Crippen LogP contribution in [-0.2, 0) is 27.2 Å². The number of benzene rings is 2. The van der Waals surface area contributed by atoms with Crippen molar-refractivity contribution in [2.75, 3.05) is 51.1 Å². The maximum Gasteiger partial charge on any atom is 0.410 e. The van der Waals surface area contributed by atoms with Crippen molar-refractivity contribution in [1.29, 1.82) is 0 Å². The van der Waals surface area contributed by atoms with Crippen molar-refractivity contribution in [3.05, 3.63) is 58.1 Å². The minimum atomic E-state index is -1.07. The molecule has 0 bridgehead atoms. The van der Waals surface area contributed by atoms with Crippen molar-refractivity contribution in [2.45, 2.75) is 76.0 Å². The molecule has 49 heavy (non-hydrogen) atoms. The average molecular weight is 742 g/mol. The van der Waals surface area contributed by atoms with E-state index in [0.29, 0.717) is 62.9 Å². The summed E-state index contributed by atoms with van der Waals surface area (Å²) in [6.45, 7) is 4.02. The number of aliphatic carboxylic acids is 1. The van der Waals surface area contributed by atoms with Crippen LogP contribution in [0.25, 0.3) is 0 Å². The summed E-state index contributed by atoms with van der Waals surface area (Å²) in [4.78, 5) is 56.9. The van der Waals surface area contributed by atoms with Gasteiger partial charge in [0.2, 0.25) is 6.10 Å². The smallest absolute Gasteiger partial charge is 0.410 e. The fourth-order valence-corrected chi connectivity index (χ4v) is 8.68. The predicted octanol–water partition coefficient (Wildman–Crippen LogP) is 4.74. The summed E-state index contributed by atoms with van der Waals surface area (Å²) in [5.74, 6) is -0.886. The zero-order valence-corrected chi connectivity index (χ0v) is 29.4. The van der Waals surface area contributed by atoms with Gasteiger partial charge in [-0.2, -0.15) is 0 Å². The van der Waals surface area contributed by atoms with E-state index in [1.807, 2.05) is 29.2 Å². The number of carbonyl (C=O) groups excluding carboxylic acids is 3. The number of anilines is 1. The molecule has 1 atom stereocenters. The molecule has 0 unspecified atom stereocenters. The van der Waals surface area contributed by atoms with Crippen molar-refractivity contribution >= 4 is 45.6 Å². The minimum Gasteiger partial charge on any atom is -0.507 e. The van der Waals surface area contributed by atoms with Gasteiger partial charge in [0, 0.05) is 83.0 Å². The first-order valence-corrected chi connectivity index (χ1v) is 18.3. The number of nitrogens with one attached hydrogen (secondary N) is 2. The molecule has 4 aliphatic heterocycles. The molecule has 3 fully saturated rings. The fraction of sp³-hybridized carbons (Fsp3) is 0.556. The number of carboxylic acid groups (broad SMARTS) is 1. The molecule has 0 aromatic heterocycles. The number of halogens is 1. The number of fused-ring (bicyclic) bond motifs is 1. The van der Waals surface area contributed by atoms with Crippen LogP contribution in [0, 0.1) is 5.92 Å². The van der Waals surface area contributed by atoms with E-state index in [1.54, 1.807) is 23.1 Å². The molecule has 0 radical (unpaired) electrons. The van der Waals surface area contributed by atoms with Gasteiger partial charge in [0.1, 0.15) is 5.75 Å². The molecular formula is C36H47BrN5O7+. The van der Waals surface area contributed by atoms with E-state index < -0.39 is 18.2 Å². The normalized spacial score (nSPS) is 24.3. The average Bonchev–Trinajstić information content (AvgIpc) is 3.28. The molecule has 4 aliphatic rings. The molecule has 3 saturated heterocycles. The van der Waals surface area contributed by atoms with Crippen LogP contribution in [-0.4, -0.2) is 112 Å². The van der Waals surface area contributed by atoms with E-state index >= 15 is 0 Å². The highest BCUT2D eigenvalue weighted by Crippen LogP contribution is 2.35. The number of amides is 4. The Morgan fingerprint density at radius 1 is 0.980 bits per heavy atom. The van der Waals surface area contributed by atoms with Crippen LogP contribution in [0.3, 0.4) is 0 Å². The Kier molecular flexibility index (Phi) is 11.1. The number of aromatic hydroxyl groups is 1. The molecule has 2 aromatic rings. The van der Waals surface area contributed by atoms with Crippen LogP contribution in [0.15, 0.2) is 46.9 Å². The quantitative estimate of drug-likeness (QED) is 0.284. The van der Waals surface area contributed by atoms with Crippen LogP contribution in [0.2, 0.25) is 0 Å². The highest BCUT2D eigenvalue weighted by atomic mass is 79.9. The van der Waals surface area contributed by atoms with Crippen molar-refractivity contribution in [2.24, 2.45) is 5.92 Å². The van der Waals surface area contributed by atoms with E-state index in [9.17, 15) is 29.4 Å². The second-order valence-corrected chi connectivity index (χ2v) is 14.8. The summed E-state index contributed by atoms with van der Waals surface area (Å²) in [7, 11) is 0. The number of urea groups is 1. The molecule has 6 rings (SSSR count). The number of likely N-dealkylation sites (tertiary alicyclic amines) is 2. The number of hydrogen-bond acceptors (Lipinski definition) is 7. The lowest BCUT2D eigenvalue weighted by atomic mass is 9.87. The number of ether oxygens (including phenoxy) is 1. The van der Waals surface area contributed by atoms with Gasteiger partial charge in [-0.3, -0.25) is 9.28 Å². The Morgan fingerprint density at radius 2 is 1.69 bits per heavy atom. The van der Waals surface area contributed by atoms with Gasteiger partial charge in [-0.25, -0.2) is 14.4 Å². The second-order valence-electron chi connectivity index (χ2n) is 14.0. The van der Waals surface area contributed by atoms with Crippen molar-refractivity contribution < 1.29 is 38.6 Å². The lowest BCUT2D eigenvalue weighted by molar-refractivity contribution is -0.888. The first kappa shape index (κ1) is 35.2. The van der Waals surface area contributed by atoms with E-state index in [0.717, 1.165) is 49.2 Å². The largest absolute Gasteiger partial charge is 0.507 e. The Bertz CT molecular complexity index is 1530. The van der Waals surface area contributed by atoms with Gasteiger partial charge in [-0.1, -0.05) is 24.3 Å². The molecule has 0 saturated carbocycles. The highest BCUT2D eigenvalue weighted by molar-refractivity contribution is 9.10. The SMILES string of the molecule is O=C(O)CC1CC[N+](C(=O)[C@@H](Cc2ccc(O)c(Br)c2)OC(=O)N2CCC(N3CCc4ccccc4NC3=O)CC2)(C2CCNCC2)CC1. The van der Waals surface area contributed by atoms with Gasteiger partial charge >= 0.3 is 24.0 Å². The summed E-state index contributed by atoms with van der Waals surface area (Å²) in [6, 6.07) is 12.8. The molecule has 4 heterocycles. The summed E-state index contributed by atoms with van der Waals surface area (Å²) in [5, 5.41) is 26.0. The number of carboxylic acids is 1. The summed E-state index contributed by atoms with van der Waals surface area (Å²) in [6.07, 6.45) is 3.43. The number of rotatable bonds is 8. The zero-order valence-electron chi connectivity index (χ0n) is 27.8. The molecule has 2 aromatic carbocycles. The van der Waals surface area contributed by atoms with Crippen LogP contribution < -0.4 is 10.6 Å². The number of piperidine rings is 3. The minimum absolute atomic E-state index is 0.00839. The van der Waals surface area contributed by atoms with Crippen molar-refractivity contribution in [1.82, 2.24) is 15.1 Å². The Labute approximate surface area is 295 Å². The second kappa shape index (κ2) is 15.5. The first-order chi connectivity index (χ1) is 23.6. The van der Waals surface area contributed by atoms with Crippen molar-refractivity contribution in [3.63, 3.8) is 0 Å². The number of hydrogen-bond donors (Lipinski definition) is 4. The number of phenolic OH excluding ortho intramolecular Hbond substituents is 1. The molecule has 0 spiro atoms. The van der Waals surface area contributed by atoms with Crippen LogP contribution in [0.4, 0.5) is 15.3 Å². The summed E-state index contributed by atoms with van der Waals surface area (Å²) in [5.41, 5.74) is 2.68. The molecular weight excluding hydrogens is 694 g/mol. The number of quaternary nitrogens is 1. The lowest BCUT2D eigenvalue weighted by Gasteiger charge is -2.48. The number of nitrogens with zero attached hydrogens (tertiary/aromatic N) is 3. The van der Waals surface area contributed by atoms with Gasteiger partial charge in [0.15, 0.2) is 0 Å². The molecule has 4 N–H and O–H groups in total. The van der Waals surface area contributed by atoms with Crippen LogP contribution >= 0.6 is 15.9 Å². The van der Waals surface area contributed by atoms with Crippen molar-refractivity contribution in [3.8, 4) is 5.75 Å². The van der Waals surface area contributed by atoms with Gasteiger partial charge in [0.25, 0.3) is 0 Å². The van der Waals surface area contributed by atoms with E-state index in [2.05, 4.69) is 26.6 Å². The molecule has 264 valence electrons. The first-order valence-electron chi connectivity index (χ1n) is 17.5. The topological polar surface area (TPSA) is 149 Å². The van der Waals surface area contributed by atoms with E-state index in [1.165, 1.54) is 0 Å².